The normalized spacial score (nSPS) is 16.4. The number of carbonyl (C=O) groups is 2. The fraction of sp³-hybridized carbons (Fsp3) is 0.200. The molecule has 4 N–H and O–H groups in total. The lowest BCUT2D eigenvalue weighted by Crippen LogP contribution is -2.46. The minimum atomic E-state index is -0.666. The molecule has 7 heteroatoms. The van der Waals surface area contributed by atoms with Crippen molar-refractivity contribution in [3.63, 3.8) is 0 Å². The van der Waals surface area contributed by atoms with Gasteiger partial charge in [-0.25, -0.2) is 4.79 Å². The van der Waals surface area contributed by atoms with Crippen LogP contribution < -0.4 is 25.8 Å². The molecule has 140 valence electrons. The number of allylic oxidation sites excluding steroid dienone is 1. The summed E-state index contributed by atoms with van der Waals surface area (Å²) in [6.07, 6.45) is 0. The van der Waals surface area contributed by atoms with Crippen molar-refractivity contribution in [2.45, 2.75) is 19.6 Å². The zero-order valence-electron chi connectivity index (χ0n) is 15.1. The van der Waals surface area contributed by atoms with E-state index in [0.717, 1.165) is 5.56 Å². The van der Waals surface area contributed by atoms with Crippen molar-refractivity contribution in [2.75, 3.05) is 7.11 Å². The lowest BCUT2D eigenvalue weighted by Gasteiger charge is -2.28. The second kappa shape index (κ2) is 7.82. The van der Waals surface area contributed by atoms with Crippen molar-refractivity contribution in [3.05, 3.63) is 70.9 Å². The molecule has 2 aromatic rings. The molecule has 0 saturated carbocycles. The number of nitrogens with two attached hydrogens (primary N) is 1. The predicted octanol–water partition coefficient (Wildman–Crippen LogP) is 2.39. The first-order chi connectivity index (χ1) is 13.0. The van der Waals surface area contributed by atoms with Crippen LogP contribution in [0.3, 0.4) is 0 Å². The maximum Gasteiger partial charge on any atom is 0.319 e. The maximum atomic E-state index is 11.9. The van der Waals surface area contributed by atoms with Crippen molar-refractivity contribution < 1.29 is 19.1 Å². The first-order valence-corrected chi connectivity index (χ1v) is 8.42. The lowest BCUT2D eigenvalue weighted by atomic mass is 9.95. The number of amides is 3. The second-order valence-corrected chi connectivity index (χ2v) is 6.12. The van der Waals surface area contributed by atoms with Crippen LogP contribution in [0.4, 0.5) is 4.79 Å². The molecule has 0 bridgehead atoms. The van der Waals surface area contributed by atoms with E-state index in [0.29, 0.717) is 34.9 Å². The van der Waals surface area contributed by atoms with Crippen LogP contribution in [0, 0.1) is 0 Å². The van der Waals surface area contributed by atoms with Gasteiger partial charge in [0.2, 0.25) is 5.91 Å². The Kier molecular flexibility index (Phi) is 5.30. The molecule has 0 saturated heterocycles. The highest BCUT2D eigenvalue weighted by Gasteiger charge is 2.30. The number of benzene rings is 2. The van der Waals surface area contributed by atoms with Gasteiger partial charge in [0.1, 0.15) is 6.61 Å². The first kappa shape index (κ1) is 18.3. The molecule has 0 radical (unpaired) electrons. The molecule has 1 atom stereocenters. The Hall–Kier alpha value is -3.48. The summed E-state index contributed by atoms with van der Waals surface area (Å²) < 4.78 is 11.3. The van der Waals surface area contributed by atoms with Crippen LogP contribution in [0.2, 0.25) is 0 Å². The SMILES string of the molecule is COc1ccc([C@@H]2NC(=O)NC(C)=C2C(N)=O)cc1OCc1ccccc1. The van der Waals surface area contributed by atoms with Crippen LogP contribution in [0.15, 0.2) is 59.8 Å². The molecule has 1 aliphatic heterocycles. The summed E-state index contributed by atoms with van der Waals surface area (Å²) in [6.45, 7) is 2.00. The number of hydrogen-bond donors (Lipinski definition) is 3. The Morgan fingerprint density at radius 1 is 1.15 bits per heavy atom. The van der Waals surface area contributed by atoms with Crippen LogP contribution in [0.1, 0.15) is 24.1 Å². The maximum absolute atomic E-state index is 11.9. The standard InChI is InChI=1S/C20H21N3O4/c1-12-17(19(21)24)18(23-20(25)22-12)14-8-9-15(26-2)16(10-14)27-11-13-6-4-3-5-7-13/h3-10,18H,11H2,1-2H3,(H2,21,24)(H2,22,23,25)/t18-/m0/s1. The number of methoxy groups -OCH3 is 1. The van der Waals surface area contributed by atoms with E-state index in [1.807, 2.05) is 30.3 Å². The third-order valence-corrected chi connectivity index (χ3v) is 4.29. The number of carbonyl (C=O) groups excluding carboxylic acids is 2. The Bertz CT molecular complexity index is 893. The summed E-state index contributed by atoms with van der Waals surface area (Å²) in [5, 5.41) is 5.29. The van der Waals surface area contributed by atoms with Gasteiger partial charge in [0.25, 0.3) is 0 Å². The summed E-state index contributed by atoms with van der Waals surface area (Å²) in [4.78, 5) is 23.8. The molecule has 1 heterocycles. The number of hydrogen-bond acceptors (Lipinski definition) is 4. The van der Waals surface area contributed by atoms with Crippen LogP contribution in [0.5, 0.6) is 11.5 Å². The van der Waals surface area contributed by atoms with Gasteiger partial charge in [-0.1, -0.05) is 36.4 Å². The topological polar surface area (TPSA) is 103 Å². The zero-order chi connectivity index (χ0) is 19.4. The average molecular weight is 367 g/mol. The van der Waals surface area contributed by atoms with Gasteiger partial charge in [0, 0.05) is 5.70 Å². The van der Waals surface area contributed by atoms with Gasteiger partial charge in [-0.3, -0.25) is 4.79 Å². The van der Waals surface area contributed by atoms with E-state index in [2.05, 4.69) is 10.6 Å². The highest BCUT2D eigenvalue weighted by Crippen LogP contribution is 2.34. The van der Waals surface area contributed by atoms with Crippen molar-refractivity contribution >= 4 is 11.9 Å². The Balaban J connectivity index is 1.93. The van der Waals surface area contributed by atoms with E-state index in [1.165, 1.54) is 0 Å². The molecule has 0 fully saturated rings. The van der Waals surface area contributed by atoms with Crippen molar-refractivity contribution in [1.29, 1.82) is 0 Å². The average Bonchev–Trinajstić information content (AvgIpc) is 2.66. The number of ether oxygens (including phenoxy) is 2. The predicted molar refractivity (Wildman–Crippen MR) is 100 cm³/mol. The third-order valence-electron chi connectivity index (χ3n) is 4.29. The van der Waals surface area contributed by atoms with Gasteiger partial charge in [0.15, 0.2) is 11.5 Å². The summed E-state index contributed by atoms with van der Waals surface area (Å²) in [5.74, 6) is 0.456. The van der Waals surface area contributed by atoms with Crippen LogP contribution in [-0.2, 0) is 11.4 Å². The smallest absolute Gasteiger partial charge is 0.319 e. The van der Waals surface area contributed by atoms with Crippen LogP contribution >= 0.6 is 0 Å². The summed E-state index contributed by atoms with van der Waals surface area (Å²) in [5.41, 5.74) is 7.92. The van der Waals surface area contributed by atoms with Gasteiger partial charge in [0.05, 0.1) is 18.7 Å². The van der Waals surface area contributed by atoms with E-state index in [1.54, 1.807) is 32.2 Å². The van der Waals surface area contributed by atoms with E-state index >= 15 is 0 Å². The zero-order valence-corrected chi connectivity index (χ0v) is 15.1. The van der Waals surface area contributed by atoms with E-state index in [4.69, 9.17) is 15.2 Å². The van der Waals surface area contributed by atoms with Crippen molar-refractivity contribution in [2.24, 2.45) is 5.73 Å². The van der Waals surface area contributed by atoms with Gasteiger partial charge in [-0.15, -0.1) is 0 Å². The molecular formula is C20H21N3O4. The molecule has 0 aliphatic carbocycles. The number of rotatable bonds is 6. The largest absolute Gasteiger partial charge is 0.493 e. The monoisotopic (exact) mass is 367 g/mol. The van der Waals surface area contributed by atoms with E-state index < -0.39 is 18.0 Å². The highest BCUT2D eigenvalue weighted by molar-refractivity contribution is 5.97. The van der Waals surface area contributed by atoms with Gasteiger partial charge in [-0.05, 0) is 30.2 Å². The Morgan fingerprint density at radius 2 is 1.89 bits per heavy atom. The van der Waals surface area contributed by atoms with Crippen molar-refractivity contribution in [3.8, 4) is 11.5 Å². The fourth-order valence-corrected chi connectivity index (χ4v) is 2.99. The molecule has 0 spiro atoms. The van der Waals surface area contributed by atoms with Crippen LogP contribution in [0.25, 0.3) is 0 Å². The minimum Gasteiger partial charge on any atom is -0.493 e. The van der Waals surface area contributed by atoms with Gasteiger partial charge < -0.3 is 25.8 Å². The molecule has 0 aromatic heterocycles. The molecule has 3 amide bonds. The molecule has 0 unspecified atom stereocenters. The Labute approximate surface area is 157 Å². The van der Waals surface area contributed by atoms with Crippen LogP contribution in [-0.4, -0.2) is 19.0 Å². The molecule has 2 aromatic carbocycles. The summed E-state index contributed by atoms with van der Waals surface area (Å²) in [7, 11) is 1.55. The van der Waals surface area contributed by atoms with Gasteiger partial charge >= 0.3 is 6.03 Å². The number of nitrogens with one attached hydrogen (secondary N) is 2. The first-order valence-electron chi connectivity index (χ1n) is 8.42. The van der Waals surface area contributed by atoms with E-state index in [-0.39, 0.29) is 0 Å². The lowest BCUT2D eigenvalue weighted by molar-refractivity contribution is -0.115. The number of primary amides is 1. The quantitative estimate of drug-likeness (QED) is 0.729. The second-order valence-electron chi connectivity index (χ2n) is 6.12. The molecule has 3 rings (SSSR count). The Morgan fingerprint density at radius 3 is 2.56 bits per heavy atom. The highest BCUT2D eigenvalue weighted by atomic mass is 16.5. The summed E-state index contributed by atoms with van der Waals surface area (Å²) in [6, 6.07) is 13.9. The van der Waals surface area contributed by atoms with Gasteiger partial charge in [-0.2, -0.15) is 0 Å². The third kappa shape index (κ3) is 4.03. The van der Waals surface area contributed by atoms with Crippen molar-refractivity contribution in [1.82, 2.24) is 10.6 Å². The molecule has 7 nitrogen and oxygen atoms in total. The number of urea groups is 1. The molecular weight excluding hydrogens is 346 g/mol. The fourth-order valence-electron chi connectivity index (χ4n) is 2.99. The minimum absolute atomic E-state index is 0.300. The van der Waals surface area contributed by atoms with E-state index in [9.17, 15) is 9.59 Å². The molecule has 1 aliphatic rings. The summed E-state index contributed by atoms with van der Waals surface area (Å²) >= 11 is 0. The molecule has 27 heavy (non-hydrogen) atoms.